The fourth-order valence-corrected chi connectivity index (χ4v) is 2.05. The van der Waals surface area contributed by atoms with Gasteiger partial charge in [-0.1, -0.05) is 0 Å². The van der Waals surface area contributed by atoms with E-state index >= 15 is 0 Å². The first kappa shape index (κ1) is 10.8. The van der Waals surface area contributed by atoms with E-state index in [-0.39, 0.29) is 0 Å². The first-order valence-corrected chi connectivity index (χ1v) is 6.02. The van der Waals surface area contributed by atoms with E-state index in [1.54, 1.807) is 12.5 Å². The van der Waals surface area contributed by atoms with E-state index in [9.17, 15) is 0 Å². The minimum absolute atomic E-state index is 0.456. The summed E-state index contributed by atoms with van der Waals surface area (Å²) in [5.74, 6) is 0.942. The van der Waals surface area contributed by atoms with Crippen molar-refractivity contribution in [2.75, 3.05) is 4.90 Å². The molecule has 90 valence electrons. The van der Waals surface area contributed by atoms with Crippen LogP contribution in [0.5, 0.6) is 0 Å². The van der Waals surface area contributed by atoms with Crippen molar-refractivity contribution >= 4 is 5.69 Å². The zero-order chi connectivity index (χ0) is 12.4. The highest BCUT2D eigenvalue weighted by Crippen LogP contribution is 2.33. The molecule has 18 heavy (non-hydrogen) atoms. The molecule has 4 nitrogen and oxygen atoms in total. The number of nitrogens with zero attached hydrogens (tertiary/aromatic N) is 3. The molecule has 0 aliphatic heterocycles. The highest BCUT2D eigenvalue weighted by Gasteiger charge is 2.30. The Morgan fingerprint density at radius 3 is 3.00 bits per heavy atom. The molecule has 0 spiro atoms. The average Bonchev–Trinajstić information content (AvgIpc) is 3.13. The largest absolute Gasteiger partial charge is 0.467 e. The molecule has 0 bridgehead atoms. The third-order valence-electron chi connectivity index (χ3n) is 3.08. The van der Waals surface area contributed by atoms with Crippen LogP contribution in [0.3, 0.4) is 0 Å². The highest BCUT2D eigenvalue weighted by atomic mass is 16.3. The van der Waals surface area contributed by atoms with Crippen LogP contribution in [0.4, 0.5) is 5.69 Å². The van der Waals surface area contributed by atoms with Gasteiger partial charge in [-0.05, 0) is 37.1 Å². The number of nitriles is 1. The van der Waals surface area contributed by atoms with E-state index in [0.717, 1.165) is 18.0 Å². The van der Waals surface area contributed by atoms with E-state index in [4.69, 9.17) is 9.68 Å². The van der Waals surface area contributed by atoms with Crippen LogP contribution in [-0.2, 0) is 6.54 Å². The summed E-state index contributed by atoms with van der Waals surface area (Å²) in [5, 5.41) is 8.91. The number of hydrogen-bond donors (Lipinski definition) is 0. The topological polar surface area (TPSA) is 53.1 Å². The second kappa shape index (κ2) is 4.53. The van der Waals surface area contributed by atoms with Crippen LogP contribution in [0, 0.1) is 11.3 Å². The fourth-order valence-electron chi connectivity index (χ4n) is 2.05. The Morgan fingerprint density at radius 1 is 1.44 bits per heavy atom. The number of aromatic nitrogens is 1. The molecule has 0 aromatic carbocycles. The molecule has 0 N–H and O–H groups in total. The van der Waals surface area contributed by atoms with Crippen molar-refractivity contribution in [3.05, 3.63) is 48.2 Å². The maximum Gasteiger partial charge on any atom is 0.142 e. The summed E-state index contributed by atoms with van der Waals surface area (Å²) in [6, 6.07) is 10.3. The molecule has 1 aliphatic carbocycles. The number of rotatable bonds is 4. The summed E-state index contributed by atoms with van der Waals surface area (Å²) in [5.41, 5.74) is 1.50. The molecule has 3 rings (SSSR count). The van der Waals surface area contributed by atoms with Gasteiger partial charge < -0.3 is 9.32 Å². The Balaban J connectivity index is 1.87. The molecule has 0 atom stereocenters. The van der Waals surface area contributed by atoms with Crippen LogP contribution in [0.2, 0.25) is 0 Å². The lowest BCUT2D eigenvalue weighted by atomic mass is 10.2. The van der Waals surface area contributed by atoms with Gasteiger partial charge in [0.25, 0.3) is 0 Å². The third kappa shape index (κ3) is 2.21. The normalized spacial score (nSPS) is 14.2. The Hall–Kier alpha value is -2.28. The third-order valence-corrected chi connectivity index (χ3v) is 3.08. The van der Waals surface area contributed by atoms with Gasteiger partial charge in [0.15, 0.2) is 0 Å². The molecule has 4 heteroatoms. The summed E-state index contributed by atoms with van der Waals surface area (Å²) in [6.07, 6.45) is 5.77. The van der Waals surface area contributed by atoms with E-state index in [1.807, 2.05) is 24.3 Å². The first-order chi connectivity index (χ1) is 8.86. The Labute approximate surface area is 105 Å². The molecular formula is C14H13N3O. The minimum Gasteiger partial charge on any atom is -0.467 e. The van der Waals surface area contributed by atoms with Crippen LogP contribution in [-0.4, -0.2) is 11.0 Å². The molecule has 2 aromatic rings. The van der Waals surface area contributed by atoms with Crippen LogP contribution >= 0.6 is 0 Å². The summed E-state index contributed by atoms with van der Waals surface area (Å²) in [6.45, 7) is 0.743. The molecule has 2 aromatic heterocycles. The van der Waals surface area contributed by atoms with Gasteiger partial charge >= 0.3 is 0 Å². The average molecular weight is 239 g/mol. The number of hydrogen-bond acceptors (Lipinski definition) is 4. The van der Waals surface area contributed by atoms with Gasteiger partial charge in [-0.3, -0.25) is 0 Å². The zero-order valence-electron chi connectivity index (χ0n) is 9.91. The van der Waals surface area contributed by atoms with Crippen molar-refractivity contribution < 1.29 is 4.42 Å². The van der Waals surface area contributed by atoms with Gasteiger partial charge in [0, 0.05) is 17.9 Å². The number of pyridine rings is 1. The molecule has 1 fully saturated rings. The van der Waals surface area contributed by atoms with Gasteiger partial charge in [-0.15, -0.1) is 0 Å². The van der Waals surface area contributed by atoms with Crippen molar-refractivity contribution in [1.82, 2.24) is 4.98 Å². The maximum absolute atomic E-state index is 8.91. The van der Waals surface area contributed by atoms with E-state index in [1.165, 1.54) is 12.8 Å². The summed E-state index contributed by atoms with van der Waals surface area (Å²) >= 11 is 0. The predicted octanol–water partition coefficient (Wildman–Crippen LogP) is 2.72. The van der Waals surface area contributed by atoms with Crippen molar-refractivity contribution in [3.63, 3.8) is 0 Å². The van der Waals surface area contributed by atoms with Gasteiger partial charge in [0.05, 0.1) is 12.8 Å². The Bertz CT molecular complexity index is 567. The first-order valence-electron chi connectivity index (χ1n) is 6.02. The van der Waals surface area contributed by atoms with Crippen molar-refractivity contribution in [2.45, 2.75) is 25.4 Å². The SMILES string of the molecule is N#Cc1cc(N(Cc2ccco2)C2CC2)ccn1. The second-order valence-electron chi connectivity index (χ2n) is 4.45. The summed E-state index contributed by atoms with van der Waals surface area (Å²) < 4.78 is 5.40. The van der Waals surface area contributed by atoms with E-state index in [2.05, 4.69) is 16.0 Å². The molecule has 0 amide bonds. The fraction of sp³-hybridized carbons (Fsp3) is 0.286. The van der Waals surface area contributed by atoms with Gasteiger partial charge in [0.1, 0.15) is 17.5 Å². The lowest BCUT2D eigenvalue weighted by molar-refractivity contribution is 0.501. The van der Waals surface area contributed by atoms with Gasteiger partial charge in [0.2, 0.25) is 0 Å². The molecule has 1 saturated carbocycles. The minimum atomic E-state index is 0.456. The van der Waals surface area contributed by atoms with Crippen LogP contribution in [0.25, 0.3) is 0 Å². The molecule has 0 radical (unpaired) electrons. The van der Waals surface area contributed by atoms with Gasteiger partial charge in [-0.25, -0.2) is 4.98 Å². The zero-order valence-corrected chi connectivity index (χ0v) is 9.91. The molecule has 1 aliphatic rings. The summed E-state index contributed by atoms with van der Waals surface area (Å²) in [4.78, 5) is 6.28. The van der Waals surface area contributed by atoms with E-state index in [0.29, 0.717) is 11.7 Å². The second-order valence-corrected chi connectivity index (χ2v) is 4.45. The van der Waals surface area contributed by atoms with Crippen molar-refractivity contribution in [1.29, 1.82) is 5.26 Å². The monoisotopic (exact) mass is 239 g/mol. The molecular weight excluding hydrogens is 226 g/mol. The van der Waals surface area contributed by atoms with Crippen molar-refractivity contribution in [3.8, 4) is 6.07 Å². The Kier molecular flexibility index (Phi) is 2.73. The lowest BCUT2D eigenvalue weighted by Crippen LogP contribution is -2.24. The van der Waals surface area contributed by atoms with Crippen LogP contribution < -0.4 is 4.90 Å². The summed E-state index contributed by atoms with van der Waals surface area (Å²) in [7, 11) is 0. The molecule has 0 saturated heterocycles. The van der Waals surface area contributed by atoms with E-state index < -0.39 is 0 Å². The highest BCUT2D eigenvalue weighted by molar-refractivity contribution is 5.50. The predicted molar refractivity (Wildman–Crippen MR) is 66.9 cm³/mol. The number of furan rings is 1. The van der Waals surface area contributed by atoms with Gasteiger partial charge in [-0.2, -0.15) is 5.26 Å². The maximum atomic E-state index is 8.91. The quantitative estimate of drug-likeness (QED) is 0.823. The number of anilines is 1. The van der Waals surface area contributed by atoms with Crippen LogP contribution in [0.15, 0.2) is 41.1 Å². The smallest absolute Gasteiger partial charge is 0.142 e. The standard InChI is InChI=1S/C14H13N3O/c15-9-11-8-13(5-6-16-11)17(12-3-4-12)10-14-2-1-7-18-14/h1-2,5-8,12H,3-4,10H2. The van der Waals surface area contributed by atoms with Crippen LogP contribution in [0.1, 0.15) is 24.3 Å². The molecule has 2 heterocycles. The molecule has 0 unspecified atom stereocenters. The lowest BCUT2D eigenvalue weighted by Gasteiger charge is -2.23. The van der Waals surface area contributed by atoms with Crippen molar-refractivity contribution in [2.24, 2.45) is 0 Å². The Morgan fingerprint density at radius 2 is 2.33 bits per heavy atom.